The zero-order chi connectivity index (χ0) is 11.2. The Morgan fingerprint density at radius 1 is 1.31 bits per heavy atom. The molecule has 16 heavy (non-hydrogen) atoms. The average Bonchev–Trinajstić information content (AvgIpc) is 2.56. The smallest absolute Gasteiger partial charge is 0.226 e. The summed E-state index contributed by atoms with van der Waals surface area (Å²) in [5.74, 6) is -0.0442. The van der Waals surface area contributed by atoms with Gasteiger partial charge in [0.25, 0.3) is 0 Å². The highest BCUT2D eigenvalue weighted by Crippen LogP contribution is 2.54. The van der Waals surface area contributed by atoms with E-state index in [-0.39, 0.29) is 23.1 Å². The van der Waals surface area contributed by atoms with Crippen molar-refractivity contribution in [1.82, 2.24) is 5.32 Å². The summed E-state index contributed by atoms with van der Waals surface area (Å²) >= 11 is 0. The van der Waals surface area contributed by atoms with Gasteiger partial charge in [-0.25, -0.2) is 4.39 Å². The highest BCUT2D eigenvalue weighted by molar-refractivity contribution is 5.87. The number of hydrogen-bond acceptors (Lipinski definition) is 1. The first-order valence-electron chi connectivity index (χ1n) is 5.77. The number of amides is 1. The van der Waals surface area contributed by atoms with Crippen molar-refractivity contribution in [1.29, 1.82) is 0 Å². The van der Waals surface area contributed by atoms with E-state index in [2.05, 4.69) is 5.32 Å². The molecule has 1 N–H and O–H groups in total. The molecule has 2 fully saturated rings. The summed E-state index contributed by atoms with van der Waals surface area (Å²) in [6, 6.07) is 6.81. The fourth-order valence-electron chi connectivity index (χ4n) is 3.02. The second-order valence-electron chi connectivity index (χ2n) is 4.79. The van der Waals surface area contributed by atoms with Crippen LogP contribution in [0.15, 0.2) is 24.3 Å². The molecule has 1 unspecified atom stereocenters. The Balaban J connectivity index is 2.02. The van der Waals surface area contributed by atoms with Gasteiger partial charge in [-0.1, -0.05) is 24.6 Å². The number of nitrogens with one attached hydrogen (secondary N) is 1. The molecule has 0 bridgehead atoms. The maximum absolute atomic E-state index is 13.7. The van der Waals surface area contributed by atoms with Gasteiger partial charge in [-0.05, 0) is 24.5 Å². The molecule has 3 rings (SSSR count). The van der Waals surface area contributed by atoms with Crippen LogP contribution in [0.1, 0.15) is 30.7 Å². The Hall–Kier alpha value is -1.38. The molecule has 1 aromatic carbocycles. The first kappa shape index (κ1) is 9.82. The predicted molar refractivity (Wildman–Crippen MR) is 58.4 cm³/mol. The van der Waals surface area contributed by atoms with Gasteiger partial charge >= 0.3 is 0 Å². The molecular weight excluding hydrogens is 205 g/mol. The lowest BCUT2D eigenvalue weighted by atomic mass is 9.60. The molecule has 2 nitrogen and oxygen atoms in total. The largest absolute Gasteiger partial charge is 0.355 e. The van der Waals surface area contributed by atoms with E-state index in [1.54, 1.807) is 12.1 Å². The lowest BCUT2D eigenvalue weighted by Gasteiger charge is -2.40. The Morgan fingerprint density at radius 3 is 2.69 bits per heavy atom. The normalized spacial score (nSPS) is 26.6. The van der Waals surface area contributed by atoms with E-state index in [9.17, 15) is 9.18 Å². The van der Waals surface area contributed by atoms with Crippen LogP contribution in [-0.2, 0) is 4.79 Å². The number of halogens is 1. The maximum atomic E-state index is 13.7. The maximum Gasteiger partial charge on any atom is 0.226 e. The van der Waals surface area contributed by atoms with E-state index in [1.165, 1.54) is 6.07 Å². The van der Waals surface area contributed by atoms with Gasteiger partial charge in [0.2, 0.25) is 5.91 Å². The van der Waals surface area contributed by atoms with Crippen molar-refractivity contribution in [3.8, 4) is 0 Å². The van der Waals surface area contributed by atoms with Gasteiger partial charge in [-0.15, -0.1) is 0 Å². The van der Waals surface area contributed by atoms with Gasteiger partial charge in [0.15, 0.2) is 0 Å². The van der Waals surface area contributed by atoms with E-state index in [0.29, 0.717) is 12.1 Å². The van der Waals surface area contributed by atoms with Crippen LogP contribution in [0.3, 0.4) is 0 Å². The van der Waals surface area contributed by atoms with Crippen molar-refractivity contribution in [2.45, 2.75) is 25.2 Å². The van der Waals surface area contributed by atoms with Crippen molar-refractivity contribution in [3.05, 3.63) is 35.6 Å². The molecule has 1 atom stereocenters. The molecule has 1 saturated heterocycles. The van der Waals surface area contributed by atoms with E-state index >= 15 is 0 Å². The van der Waals surface area contributed by atoms with Crippen LogP contribution in [0.4, 0.5) is 4.39 Å². The molecular formula is C13H14FNO. The molecule has 3 heteroatoms. The van der Waals surface area contributed by atoms with Crippen LogP contribution >= 0.6 is 0 Å². The summed E-state index contributed by atoms with van der Waals surface area (Å²) in [5.41, 5.74) is 0.392. The van der Waals surface area contributed by atoms with Crippen molar-refractivity contribution < 1.29 is 9.18 Å². The van der Waals surface area contributed by atoms with Gasteiger partial charge < -0.3 is 5.32 Å². The summed E-state index contributed by atoms with van der Waals surface area (Å²) in [4.78, 5) is 11.8. The Kier molecular flexibility index (Phi) is 2.03. The fraction of sp³-hybridized carbons (Fsp3) is 0.462. The molecule has 1 aromatic rings. The SMILES string of the molecule is O=C1NCC(c2ccccc2F)C12CCC2. The number of carbonyl (C=O) groups is 1. The van der Waals surface area contributed by atoms with Gasteiger partial charge in [-0.3, -0.25) is 4.79 Å². The van der Waals surface area contributed by atoms with Gasteiger partial charge in [-0.2, -0.15) is 0 Å². The third-order valence-electron chi connectivity index (χ3n) is 4.11. The third kappa shape index (κ3) is 1.14. The summed E-state index contributed by atoms with van der Waals surface area (Å²) in [7, 11) is 0. The number of carbonyl (C=O) groups excluding carboxylic acids is 1. The molecule has 1 heterocycles. The van der Waals surface area contributed by atoms with Crippen LogP contribution < -0.4 is 5.32 Å². The Morgan fingerprint density at radius 2 is 2.06 bits per heavy atom. The highest BCUT2D eigenvalue weighted by Gasteiger charge is 2.54. The number of rotatable bonds is 1. The second kappa shape index (κ2) is 3.30. The van der Waals surface area contributed by atoms with Crippen molar-refractivity contribution in [2.75, 3.05) is 6.54 Å². The predicted octanol–water partition coefficient (Wildman–Crippen LogP) is 2.21. The minimum atomic E-state index is -0.303. The van der Waals surface area contributed by atoms with E-state index in [0.717, 1.165) is 19.3 Å². The van der Waals surface area contributed by atoms with Crippen molar-refractivity contribution >= 4 is 5.91 Å². The van der Waals surface area contributed by atoms with Crippen molar-refractivity contribution in [3.63, 3.8) is 0 Å². The molecule has 1 aliphatic carbocycles. The molecule has 1 saturated carbocycles. The third-order valence-corrected chi connectivity index (χ3v) is 4.11. The fourth-order valence-corrected chi connectivity index (χ4v) is 3.02. The molecule has 1 amide bonds. The lowest BCUT2D eigenvalue weighted by molar-refractivity contribution is -0.132. The van der Waals surface area contributed by atoms with Crippen LogP contribution in [0.25, 0.3) is 0 Å². The lowest BCUT2D eigenvalue weighted by Crippen LogP contribution is -2.40. The Bertz CT molecular complexity index is 439. The van der Waals surface area contributed by atoms with E-state index in [4.69, 9.17) is 0 Å². The highest BCUT2D eigenvalue weighted by atomic mass is 19.1. The zero-order valence-electron chi connectivity index (χ0n) is 9.00. The molecule has 84 valence electrons. The number of benzene rings is 1. The molecule has 0 aromatic heterocycles. The molecule has 1 spiro atoms. The quantitative estimate of drug-likeness (QED) is 0.771. The minimum Gasteiger partial charge on any atom is -0.355 e. The summed E-state index contributed by atoms with van der Waals surface area (Å²) < 4.78 is 13.7. The molecule has 0 radical (unpaired) electrons. The minimum absolute atomic E-state index is 0.0231. The average molecular weight is 219 g/mol. The van der Waals surface area contributed by atoms with Crippen LogP contribution in [0.2, 0.25) is 0 Å². The summed E-state index contributed by atoms with van der Waals surface area (Å²) in [5, 5.41) is 2.88. The molecule has 2 aliphatic rings. The van der Waals surface area contributed by atoms with Crippen LogP contribution in [-0.4, -0.2) is 12.5 Å². The summed E-state index contributed by atoms with van der Waals surface area (Å²) in [6.07, 6.45) is 2.88. The van der Waals surface area contributed by atoms with E-state index < -0.39 is 0 Å². The van der Waals surface area contributed by atoms with Gasteiger partial charge in [0.05, 0.1) is 5.41 Å². The topological polar surface area (TPSA) is 29.1 Å². The zero-order valence-corrected chi connectivity index (χ0v) is 9.00. The van der Waals surface area contributed by atoms with Crippen LogP contribution in [0, 0.1) is 11.2 Å². The first-order chi connectivity index (χ1) is 7.74. The Labute approximate surface area is 93.9 Å². The van der Waals surface area contributed by atoms with Crippen LogP contribution in [0.5, 0.6) is 0 Å². The number of hydrogen-bond donors (Lipinski definition) is 1. The second-order valence-corrected chi connectivity index (χ2v) is 4.79. The van der Waals surface area contributed by atoms with Gasteiger partial charge in [0.1, 0.15) is 5.82 Å². The van der Waals surface area contributed by atoms with Crippen molar-refractivity contribution in [2.24, 2.45) is 5.41 Å². The monoisotopic (exact) mass is 219 g/mol. The molecule has 1 aliphatic heterocycles. The van der Waals surface area contributed by atoms with Gasteiger partial charge in [0, 0.05) is 12.5 Å². The summed E-state index contributed by atoms with van der Waals surface area (Å²) in [6.45, 7) is 0.583. The van der Waals surface area contributed by atoms with E-state index in [1.807, 2.05) is 6.07 Å². The standard InChI is InChI=1S/C13H14FNO/c14-11-5-2-1-4-9(11)10-8-15-12(16)13(10)6-3-7-13/h1-2,4-5,10H,3,6-8H2,(H,15,16). The first-order valence-corrected chi connectivity index (χ1v) is 5.77.